The molecule has 1 aliphatic heterocycles. The molecule has 0 radical (unpaired) electrons. The van der Waals surface area contributed by atoms with Crippen LogP contribution in [0.3, 0.4) is 0 Å². The molecule has 1 heterocycles. The first kappa shape index (κ1) is 21.7. The van der Waals surface area contributed by atoms with E-state index in [0.717, 1.165) is 13.0 Å². The highest BCUT2D eigenvalue weighted by atomic mass is 19.1. The third-order valence-corrected chi connectivity index (χ3v) is 5.85. The Morgan fingerprint density at radius 1 is 0.938 bits per heavy atom. The number of piperazine rings is 1. The van der Waals surface area contributed by atoms with Crippen LogP contribution in [0.4, 0.5) is 10.1 Å². The smallest absolute Gasteiger partial charge is 0.255 e. The van der Waals surface area contributed by atoms with Crippen LogP contribution in [0.2, 0.25) is 0 Å². The molecule has 3 aromatic rings. The molecule has 4 rings (SSSR count). The molecule has 164 valence electrons. The Bertz CT molecular complexity index is 1090. The highest BCUT2D eigenvalue weighted by Crippen LogP contribution is 2.18. The lowest BCUT2D eigenvalue weighted by molar-refractivity contribution is 0.0547. The van der Waals surface area contributed by atoms with E-state index in [0.29, 0.717) is 29.9 Å². The quantitative estimate of drug-likeness (QED) is 0.663. The summed E-state index contributed by atoms with van der Waals surface area (Å²) in [5.74, 6) is -0.793. The second-order valence-electron chi connectivity index (χ2n) is 8.12. The van der Waals surface area contributed by atoms with E-state index >= 15 is 0 Å². The number of nitrogens with zero attached hydrogens (tertiary/aromatic N) is 2. The summed E-state index contributed by atoms with van der Waals surface area (Å²) in [4.78, 5) is 29.8. The fourth-order valence-electron chi connectivity index (χ4n) is 3.95. The Morgan fingerprint density at radius 2 is 1.69 bits per heavy atom. The average molecular weight is 432 g/mol. The van der Waals surface area contributed by atoms with Crippen LogP contribution in [0, 0.1) is 5.82 Å². The van der Waals surface area contributed by atoms with Crippen molar-refractivity contribution in [3.63, 3.8) is 0 Å². The van der Waals surface area contributed by atoms with Gasteiger partial charge >= 0.3 is 0 Å². The van der Waals surface area contributed by atoms with Crippen LogP contribution >= 0.6 is 0 Å². The van der Waals surface area contributed by atoms with E-state index in [1.54, 1.807) is 24.3 Å². The Kier molecular flexibility index (Phi) is 6.61. The average Bonchev–Trinajstić information content (AvgIpc) is 2.81. The minimum absolute atomic E-state index is 0.0472. The fraction of sp³-hybridized carbons (Fsp3) is 0.231. The first-order valence-corrected chi connectivity index (χ1v) is 10.7. The highest BCUT2D eigenvalue weighted by Gasteiger charge is 2.28. The number of benzene rings is 3. The molecule has 3 aromatic carbocycles. The molecule has 6 heteroatoms. The number of hydrogen-bond acceptors (Lipinski definition) is 3. The van der Waals surface area contributed by atoms with Crippen molar-refractivity contribution in [1.82, 2.24) is 9.80 Å². The number of amides is 2. The summed E-state index contributed by atoms with van der Waals surface area (Å²) >= 11 is 0. The van der Waals surface area contributed by atoms with Gasteiger partial charge in [-0.1, -0.05) is 36.4 Å². The maximum Gasteiger partial charge on any atom is 0.255 e. The van der Waals surface area contributed by atoms with Crippen LogP contribution in [0.5, 0.6) is 0 Å². The zero-order valence-electron chi connectivity index (χ0n) is 18.0. The third-order valence-electron chi connectivity index (χ3n) is 5.85. The van der Waals surface area contributed by atoms with E-state index in [2.05, 4.69) is 29.4 Å². The lowest BCUT2D eigenvalue weighted by Gasteiger charge is -2.39. The number of rotatable bonds is 5. The van der Waals surface area contributed by atoms with Gasteiger partial charge in [0.2, 0.25) is 0 Å². The van der Waals surface area contributed by atoms with Crippen molar-refractivity contribution in [3.05, 3.63) is 101 Å². The summed E-state index contributed by atoms with van der Waals surface area (Å²) in [6.07, 6.45) is 0.884. The van der Waals surface area contributed by atoms with Crippen LogP contribution < -0.4 is 5.32 Å². The van der Waals surface area contributed by atoms with E-state index < -0.39 is 5.82 Å². The number of likely N-dealkylation sites (N-methyl/N-ethyl adjacent to an activating group) is 1. The Morgan fingerprint density at radius 3 is 2.44 bits per heavy atom. The molecule has 0 aromatic heterocycles. The van der Waals surface area contributed by atoms with Crippen molar-refractivity contribution in [2.24, 2.45) is 0 Å². The van der Waals surface area contributed by atoms with Gasteiger partial charge in [0, 0.05) is 42.5 Å². The SMILES string of the molecule is CN1CCN(C(=O)c2cccc(NC(=O)c3ccc(F)cc3)c2)CC1Cc1ccccc1. The molecule has 0 spiro atoms. The van der Waals surface area contributed by atoms with Gasteiger partial charge in [-0.15, -0.1) is 0 Å². The van der Waals surface area contributed by atoms with Gasteiger partial charge in [-0.25, -0.2) is 4.39 Å². The molecule has 0 aliphatic carbocycles. The highest BCUT2D eigenvalue weighted by molar-refractivity contribution is 6.05. The summed E-state index contributed by atoms with van der Waals surface area (Å²) in [6.45, 7) is 2.12. The van der Waals surface area contributed by atoms with E-state index in [1.807, 2.05) is 23.1 Å². The van der Waals surface area contributed by atoms with Crippen molar-refractivity contribution >= 4 is 17.5 Å². The zero-order valence-corrected chi connectivity index (χ0v) is 18.0. The standard InChI is InChI=1S/C26H26FN3O2/c1-29-14-15-30(18-24(29)16-19-6-3-2-4-7-19)26(32)21-8-5-9-23(17-21)28-25(31)20-10-12-22(27)13-11-20/h2-13,17,24H,14-16,18H2,1H3,(H,28,31). The summed E-state index contributed by atoms with van der Waals surface area (Å²) in [7, 11) is 2.10. The normalized spacial score (nSPS) is 16.6. The van der Waals surface area contributed by atoms with Gasteiger partial charge in [-0.2, -0.15) is 0 Å². The van der Waals surface area contributed by atoms with Gasteiger partial charge < -0.3 is 10.2 Å². The number of halogens is 1. The van der Waals surface area contributed by atoms with Crippen LogP contribution in [-0.4, -0.2) is 54.3 Å². The molecule has 5 nitrogen and oxygen atoms in total. The van der Waals surface area contributed by atoms with Crippen LogP contribution in [-0.2, 0) is 6.42 Å². The predicted molar refractivity (Wildman–Crippen MR) is 123 cm³/mol. The zero-order chi connectivity index (χ0) is 22.5. The molecule has 1 fully saturated rings. The molecule has 1 atom stereocenters. The van der Waals surface area contributed by atoms with Gasteiger partial charge in [0.15, 0.2) is 0 Å². The fourth-order valence-corrected chi connectivity index (χ4v) is 3.95. The molecule has 32 heavy (non-hydrogen) atoms. The Hall–Kier alpha value is -3.51. The van der Waals surface area contributed by atoms with Gasteiger partial charge in [0.05, 0.1) is 0 Å². The van der Waals surface area contributed by atoms with Crippen LogP contribution in [0.25, 0.3) is 0 Å². The molecule has 1 saturated heterocycles. The maximum atomic E-state index is 13.2. The number of carbonyl (C=O) groups is 2. The summed E-state index contributed by atoms with van der Waals surface area (Å²) in [5, 5.41) is 2.78. The van der Waals surface area contributed by atoms with Crippen molar-refractivity contribution in [1.29, 1.82) is 0 Å². The molecule has 0 bridgehead atoms. The summed E-state index contributed by atoms with van der Waals surface area (Å²) in [6, 6.07) is 22.8. The Labute approximate surface area is 187 Å². The van der Waals surface area contributed by atoms with Crippen LogP contribution in [0.1, 0.15) is 26.3 Å². The summed E-state index contributed by atoms with van der Waals surface area (Å²) in [5.41, 5.74) is 2.67. The van der Waals surface area contributed by atoms with Gasteiger partial charge in [0.25, 0.3) is 11.8 Å². The van der Waals surface area contributed by atoms with Crippen molar-refractivity contribution < 1.29 is 14.0 Å². The van der Waals surface area contributed by atoms with Gasteiger partial charge in [-0.3, -0.25) is 14.5 Å². The van der Waals surface area contributed by atoms with Crippen LogP contribution in [0.15, 0.2) is 78.9 Å². The molecule has 1 N–H and O–H groups in total. The number of hydrogen-bond donors (Lipinski definition) is 1. The second-order valence-corrected chi connectivity index (χ2v) is 8.12. The summed E-state index contributed by atoms with van der Waals surface area (Å²) < 4.78 is 13.1. The lowest BCUT2D eigenvalue weighted by Crippen LogP contribution is -2.54. The van der Waals surface area contributed by atoms with E-state index in [9.17, 15) is 14.0 Å². The maximum absolute atomic E-state index is 13.2. The number of nitrogens with one attached hydrogen (secondary N) is 1. The molecule has 1 unspecified atom stereocenters. The number of anilines is 1. The molecular weight excluding hydrogens is 405 g/mol. The predicted octanol–water partition coefficient (Wildman–Crippen LogP) is 4.08. The second kappa shape index (κ2) is 9.75. The van der Waals surface area contributed by atoms with Crippen molar-refractivity contribution in [2.45, 2.75) is 12.5 Å². The van der Waals surface area contributed by atoms with E-state index in [4.69, 9.17) is 0 Å². The first-order chi connectivity index (χ1) is 15.5. The molecule has 1 aliphatic rings. The van der Waals surface area contributed by atoms with Crippen molar-refractivity contribution in [2.75, 3.05) is 32.0 Å². The molecular formula is C26H26FN3O2. The monoisotopic (exact) mass is 431 g/mol. The largest absolute Gasteiger partial charge is 0.336 e. The van der Waals surface area contributed by atoms with E-state index in [1.165, 1.54) is 29.8 Å². The van der Waals surface area contributed by atoms with Crippen molar-refractivity contribution in [3.8, 4) is 0 Å². The lowest BCUT2D eigenvalue weighted by atomic mass is 10.0. The number of carbonyl (C=O) groups excluding carboxylic acids is 2. The topological polar surface area (TPSA) is 52.6 Å². The van der Waals surface area contributed by atoms with Gasteiger partial charge in [0.1, 0.15) is 5.82 Å². The molecule has 0 saturated carbocycles. The van der Waals surface area contributed by atoms with E-state index in [-0.39, 0.29) is 17.9 Å². The minimum atomic E-state index is -0.396. The first-order valence-electron chi connectivity index (χ1n) is 10.7. The third kappa shape index (κ3) is 5.21. The minimum Gasteiger partial charge on any atom is -0.336 e. The van der Waals surface area contributed by atoms with Gasteiger partial charge in [-0.05, 0) is 61.5 Å². The Balaban J connectivity index is 1.43. The molecule has 2 amide bonds.